The van der Waals surface area contributed by atoms with Gasteiger partial charge >= 0.3 is 0 Å². The summed E-state index contributed by atoms with van der Waals surface area (Å²) in [6, 6.07) is 0. The summed E-state index contributed by atoms with van der Waals surface area (Å²) in [5.41, 5.74) is 0. The van der Waals surface area contributed by atoms with Crippen molar-refractivity contribution >= 4 is 5.91 Å². The van der Waals surface area contributed by atoms with Crippen LogP contribution in [-0.4, -0.2) is 71.8 Å². The first-order valence-corrected chi connectivity index (χ1v) is 8.34. The molecule has 0 aliphatic carbocycles. The van der Waals surface area contributed by atoms with Crippen molar-refractivity contribution in [2.24, 2.45) is 5.92 Å². The molecule has 0 aromatic heterocycles. The van der Waals surface area contributed by atoms with Gasteiger partial charge < -0.3 is 19.6 Å². The maximum absolute atomic E-state index is 12.6. The Balaban J connectivity index is 1.80. The molecule has 1 N–H and O–H groups in total. The van der Waals surface area contributed by atoms with Gasteiger partial charge in [-0.25, -0.2) is 0 Å². The lowest BCUT2D eigenvalue weighted by Crippen LogP contribution is -2.51. The van der Waals surface area contributed by atoms with Crippen molar-refractivity contribution in [1.29, 1.82) is 0 Å². The molecule has 122 valence electrons. The van der Waals surface area contributed by atoms with Gasteiger partial charge in [-0.2, -0.15) is 0 Å². The number of likely N-dealkylation sites (tertiary alicyclic amines) is 1. The van der Waals surface area contributed by atoms with Crippen molar-refractivity contribution < 1.29 is 14.6 Å². The van der Waals surface area contributed by atoms with E-state index in [1.54, 1.807) is 0 Å². The molecule has 0 bridgehead atoms. The Labute approximate surface area is 128 Å². The number of carbonyl (C=O) groups excluding carboxylic acids is 1. The fraction of sp³-hybridized carbons (Fsp3) is 0.938. The lowest BCUT2D eigenvalue weighted by molar-refractivity contribution is -0.149. The minimum Gasteiger partial charge on any atom is -0.392 e. The van der Waals surface area contributed by atoms with E-state index < -0.39 is 0 Å². The number of amides is 1. The standard InChI is InChI=1S/C16H30N2O3/c1-4-15(19)11-17-7-5-14(6-8-17)16(20)18-9-12(2)21-13(3)10-18/h12-15,19H,4-11H2,1-3H3. The number of carbonyl (C=O) groups is 1. The smallest absolute Gasteiger partial charge is 0.225 e. The highest BCUT2D eigenvalue weighted by molar-refractivity contribution is 5.79. The van der Waals surface area contributed by atoms with E-state index in [4.69, 9.17) is 4.74 Å². The van der Waals surface area contributed by atoms with E-state index in [1.165, 1.54) is 0 Å². The average Bonchev–Trinajstić information content (AvgIpc) is 2.46. The normalized spacial score (nSPS) is 30.4. The predicted molar refractivity (Wildman–Crippen MR) is 82.1 cm³/mol. The molecule has 0 aromatic rings. The van der Waals surface area contributed by atoms with Crippen LogP contribution in [0.2, 0.25) is 0 Å². The van der Waals surface area contributed by atoms with Crippen LogP contribution in [0, 0.1) is 5.92 Å². The highest BCUT2D eigenvalue weighted by Gasteiger charge is 2.32. The van der Waals surface area contributed by atoms with Crippen LogP contribution in [-0.2, 0) is 9.53 Å². The summed E-state index contributed by atoms with van der Waals surface area (Å²) in [4.78, 5) is 16.9. The monoisotopic (exact) mass is 298 g/mol. The quantitative estimate of drug-likeness (QED) is 0.844. The Bertz CT molecular complexity index is 332. The third-order valence-corrected chi connectivity index (χ3v) is 4.61. The molecule has 3 unspecified atom stereocenters. The fourth-order valence-corrected chi connectivity index (χ4v) is 3.41. The number of nitrogens with zero attached hydrogens (tertiary/aromatic N) is 2. The predicted octanol–water partition coefficient (Wildman–Crippen LogP) is 1.11. The van der Waals surface area contributed by atoms with E-state index >= 15 is 0 Å². The van der Waals surface area contributed by atoms with Crippen molar-refractivity contribution in [3.05, 3.63) is 0 Å². The first-order valence-electron chi connectivity index (χ1n) is 8.34. The Morgan fingerprint density at radius 1 is 1.24 bits per heavy atom. The van der Waals surface area contributed by atoms with Crippen molar-refractivity contribution in [1.82, 2.24) is 9.80 Å². The minimum atomic E-state index is -0.238. The highest BCUT2D eigenvalue weighted by Crippen LogP contribution is 2.22. The summed E-state index contributed by atoms with van der Waals surface area (Å²) in [5, 5.41) is 9.72. The molecule has 5 nitrogen and oxygen atoms in total. The zero-order chi connectivity index (χ0) is 15.4. The van der Waals surface area contributed by atoms with Gasteiger partial charge in [0.05, 0.1) is 18.3 Å². The fourth-order valence-electron chi connectivity index (χ4n) is 3.41. The number of aliphatic hydroxyl groups is 1. The molecule has 2 aliphatic heterocycles. The van der Waals surface area contributed by atoms with E-state index in [1.807, 2.05) is 25.7 Å². The Kier molecular flexibility index (Phi) is 6.02. The van der Waals surface area contributed by atoms with Gasteiger partial charge in [0.15, 0.2) is 0 Å². The van der Waals surface area contributed by atoms with Crippen LogP contribution < -0.4 is 0 Å². The van der Waals surface area contributed by atoms with E-state index in [2.05, 4.69) is 4.90 Å². The molecule has 0 spiro atoms. The van der Waals surface area contributed by atoms with E-state index in [-0.39, 0.29) is 24.2 Å². The number of β-amino-alcohol motifs (C(OH)–C–C–N with tert-alkyl or cyclic N) is 1. The van der Waals surface area contributed by atoms with Crippen LogP contribution in [0.5, 0.6) is 0 Å². The molecule has 2 aliphatic rings. The summed E-state index contributed by atoms with van der Waals surface area (Å²) in [6.45, 7) is 10.1. The van der Waals surface area contributed by atoms with Crippen molar-refractivity contribution in [2.75, 3.05) is 32.7 Å². The number of hydrogen-bond donors (Lipinski definition) is 1. The molecule has 5 heteroatoms. The Hall–Kier alpha value is -0.650. The summed E-state index contributed by atoms with van der Waals surface area (Å²) in [6.07, 6.45) is 2.65. The van der Waals surface area contributed by atoms with Gasteiger partial charge in [-0.05, 0) is 46.2 Å². The second kappa shape index (κ2) is 7.56. The molecule has 21 heavy (non-hydrogen) atoms. The van der Waals surface area contributed by atoms with Crippen LogP contribution >= 0.6 is 0 Å². The highest BCUT2D eigenvalue weighted by atomic mass is 16.5. The summed E-state index contributed by atoms with van der Waals surface area (Å²) >= 11 is 0. The van der Waals surface area contributed by atoms with Gasteiger partial charge in [-0.3, -0.25) is 4.79 Å². The minimum absolute atomic E-state index is 0.137. The van der Waals surface area contributed by atoms with E-state index in [0.29, 0.717) is 5.91 Å². The maximum Gasteiger partial charge on any atom is 0.225 e. The molecular weight excluding hydrogens is 268 g/mol. The van der Waals surface area contributed by atoms with Crippen LogP contribution in [0.15, 0.2) is 0 Å². The molecule has 2 saturated heterocycles. The third-order valence-electron chi connectivity index (χ3n) is 4.61. The lowest BCUT2D eigenvalue weighted by Gasteiger charge is -2.39. The SMILES string of the molecule is CCC(O)CN1CCC(C(=O)N2CC(C)OC(C)C2)CC1. The summed E-state index contributed by atoms with van der Waals surface area (Å²) in [5.74, 6) is 0.449. The molecule has 1 amide bonds. The van der Waals surface area contributed by atoms with Crippen LogP contribution in [0.3, 0.4) is 0 Å². The molecule has 2 heterocycles. The van der Waals surface area contributed by atoms with Gasteiger partial charge in [-0.15, -0.1) is 0 Å². The molecule has 2 fully saturated rings. The molecule has 0 aromatic carbocycles. The summed E-state index contributed by atoms with van der Waals surface area (Å²) in [7, 11) is 0. The van der Waals surface area contributed by atoms with Crippen LogP contribution in [0.4, 0.5) is 0 Å². The third kappa shape index (κ3) is 4.66. The zero-order valence-electron chi connectivity index (χ0n) is 13.6. The molecular formula is C16H30N2O3. The number of ether oxygens (including phenoxy) is 1. The van der Waals surface area contributed by atoms with E-state index in [0.717, 1.165) is 52.0 Å². The number of morpholine rings is 1. The first-order chi connectivity index (χ1) is 9.99. The van der Waals surface area contributed by atoms with Gasteiger partial charge in [0.2, 0.25) is 5.91 Å². The average molecular weight is 298 g/mol. The Morgan fingerprint density at radius 3 is 2.33 bits per heavy atom. The van der Waals surface area contributed by atoms with Crippen molar-refractivity contribution in [3.8, 4) is 0 Å². The second-order valence-electron chi connectivity index (χ2n) is 6.64. The van der Waals surface area contributed by atoms with Gasteiger partial charge in [0, 0.05) is 25.6 Å². The van der Waals surface area contributed by atoms with Crippen LogP contribution in [0.1, 0.15) is 40.0 Å². The van der Waals surface area contributed by atoms with Gasteiger partial charge in [-0.1, -0.05) is 6.92 Å². The molecule has 0 radical (unpaired) electrons. The summed E-state index contributed by atoms with van der Waals surface area (Å²) < 4.78 is 5.70. The first kappa shape index (κ1) is 16.7. The molecule has 0 saturated carbocycles. The zero-order valence-corrected chi connectivity index (χ0v) is 13.6. The number of piperidine rings is 1. The van der Waals surface area contributed by atoms with Gasteiger partial charge in [0.1, 0.15) is 0 Å². The molecule has 3 atom stereocenters. The van der Waals surface area contributed by atoms with E-state index in [9.17, 15) is 9.90 Å². The number of hydrogen-bond acceptors (Lipinski definition) is 4. The van der Waals surface area contributed by atoms with Crippen molar-refractivity contribution in [3.63, 3.8) is 0 Å². The Morgan fingerprint density at radius 2 is 1.81 bits per heavy atom. The topological polar surface area (TPSA) is 53.0 Å². The number of rotatable bonds is 4. The van der Waals surface area contributed by atoms with Crippen molar-refractivity contribution in [2.45, 2.75) is 58.3 Å². The largest absolute Gasteiger partial charge is 0.392 e. The van der Waals surface area contributed by atoms with Crippen LogP contribution in [0.25, 0.3) is 0 Å². The number of aliphatic hydroxyl groups excluding tert-OH is 1. The second-order valence-corrected chi connectivity index (χ2v) is 6.64. The maximum atomic E-state index is 12.6. The molecule has 2 rings (SSSR count). The lowest BCUT2D eigenvalue weighted by atomic mass is 9.94. The van der Waals surface area contributed by atoms with Gasteiger partial charge in [0.25, 0.3) is 0 Å².